The van der Waals surface area contributed by atoms with Crippen LogP contribution in [-0.4, -0.2) is 41.4 Å². The molecule has 2 N–H and O–H groups in total. The summed E-state index contributed by atoms with van der Waals surface area (Å²) in [5, 5.41) is 4.97. The van der Waals surface area contributed by atoms with E-state index in [1.807, 2.05) is 31.2 Å². The first-order valence-electron chi connectivity index (χ1n) is 7.45. The summed E-state index contributed by atoms with van der Waals surface area (Å²) in [5.74, 6) is -0.216. The van der Waals surface area contributed by atoms with Gasteiger partial charge in [0.1, 0.15) is 5.54 Å². The fourth-order valence-electron chi connectivity index (χ4n) is 3.01. The van der Waals surface area contributed by atoms with Crippen LogP contribution >= 0.6 is 0 Å². The lowest BCUT2D eigenvalue weighted by atomic mass is 9.87. The normalized spacial score (nSPS) is 20.0. The zero-order chi connectivity index (χ0) is 15.7. The summed E-state index contributed by atoms with van der Waals surface area (Å²) in [6, 6.07) is 7.47. The molecular formula is C16H19N3O3. The number of urea groups is 1. The van der Waals surface area contributed by atoms with Gasteiger partial charge in [-0.15, -0.1) is 0 Å². The number of carbonyl (C=O) groups excluding carboxylic acids is 3. The molecule has 6 heteroatoms. The van der Waals surface area contributed by atoms with E-state index in [1.165, 1.54) is 5.56 Å². The van der Waals surface area contributed by atoms with Gasteiger partial charge in [-0.1, -0.05) is 29.8 Å². The molecule has 0 radical (unpaired) electrons. The predicted octanol–water partition coefficient (Wildman–Crippen LogP) is 0.738. The zero-order valence-corrected chi connectivity index (χ0v) is 12.5. The van der Waals surface area contributed by atoms with Crippen molar-refractivity contribution in [3.63, 3.8) is 0 Å². The van der Waals surface area contributed by atoms with Crippen LogP contribution in [0.1, 0.15) is 24.0 Å². The summed E-state index contributed by atoms with van der Waals surface area (Å²) in [5.41, 5.74) is 1.33. The summed E-state index contributed by atoms with van der Waals surface area (Å²) in [7, 11) is 0. The van der Waals surface area contributed by atoms with Gasteiger partial charge in [0.25, 0.3) is 5.91 Å². The Morgan fingerprint density at radius 1 is 1.18 bits per heavy atom. The van der Waals surface area contributed by atoms with E-state index < -0.39 is 11.6 Å². The number of hydrogen-bond acceptors (Lipinski definition) is 3. The number of aryl methyl sites for hydroxylation is 1. The molecule has 0 atom stereocenters. The second kappa shape index (κ2) is 5.44. The molecule has 2 aliphatic rings. The van der Waals surface area contributed by atoms with Gasteiger partial charge in [-0.05, 0) is 25.3 Å². The summed E-state index contributed by atoms with van der Waals surface area (Å²) in [4.78, 5) is 37.3. The molecule has 2 aliphatic heterocycles. The highest BCUT2D eigenvalue weighted by Gasteiger charge is 2.48. The van der Waals surface area contributed by atoms with Crippen LogP contribution in [0.15, 0.2) is 24.3 Å². The molecule has 1 aromatic rings. The van der Waals surface area contributed by atoms with Crippen LogP contribution in [0.25, 0.3) is 0 Å². The predicted molar refractivity (Wildman–Crippen MR) is 80.1 cm³/mol. The van der Waals surface area contributed by atoms with Crippen molar-refractivity contribution in [1.82, 2.24) is 15.5 Å². The Labute approximate surface area is 128 Å². The Balaban J connectivity index is 1.59. The first kappa shape index (κ1) is 14.6. The number of nitrogens with one attached hydrogen (secondary N) is 2. The summed E-state index contributed by atoms with van der Waals surface area (Å²) in [6.07, 6.45) is 1.29. The van der Waals surface area contributed by atoms with E-state index in [0.717, 1.165) is 5.56 Å². The Kier molecular flexibility index (Phi) is 3.60. The molecule has 0 bridgehead atoms. The maximum Gasteiger partial charge on any atom is 0.322 e. The van der Waals surface area contributed by atoms with Crippen LogP contribution in [0.3, 0.4) is 0 Å². The van der Waals surface area contributed by atoms with Crippen molar-refractivity contribution in [3.05, 3.63) is 35.4 Å². The average Bonchev–Trinajstić information content (AvgIpc) is 2.76. The average molecular weight is 301 g/mol. The SMILES string of the molecule is Cc1ccc(CC(=O)N2CCC3(CC2)NC(=O)NC3=O)cc1. The molecule has 0 aliphatic carbocycles. The standard InChI is InChI=1S/C16H19N3O3/c1-11-2-4-12(5-3-11)10-13(20)19-8-6-16(7-9-19)14(21)17-15(22)18-16/h2-5H,6-10H2,1H3,(H2,17,18,21,22). The number of piperidine rings is 1. The van der Waals surface area contributed by atoms with Crippen molar-refractivity contribution in [3.8, 4) is 0 Å². The van der Waals surface area contributed by atoms with E-state index in [-0.39, 0.29) is 11.8 Å². The number of carbonyl (C=O) groups is 3. The van der Waals surface area contributed by atoms with Crippen LogP contribution in [0.2, 0.25) is 0 Å². The minimum atomic E-state index is -0.822. The first-order chi connectivity index (χ1) is 10.5. The van der Waals surface area contributed by atoms with Crippen LogP contribution in [0.4, 0.5) is 4.79 Å². The molecule has 0 saturated carbocycles. The molecule has 6 nitrogen and oxygen atoms in total. The highest BCUT2D eigenvalue weighted by molar-refractivity contribution is 6.07. The monoisotopic (exact) mass is 301 g/mol. The second-order valence-corrected chi connectivity index (χ2v) is 6.03. The van der Waals surface area contributed by atoms with E-state index in [2.05, 4.69) is 10.6 Å². The Morgan fingerprint density at radius 3 is 2.36 bits per heavy atom. The molecule has 1 spiro atoms. The van der Waals surface area contributed by atoms with Gasteiger partial charge < -0.3 is 10.2 Å². The zero-order valence-electron chi connectivity index (χ0n) is 12.5. The third-order valence-electron chi connectivity index (χ3n) is 4.46. The number of imide groups is 1. The van der Waals surface area contributed by atoms with Crippen molar-refractivity contribution in [2.24, 2.45) is 0 Å². The number of benzene rings is 1. The van der Waals surface area contributed by atoms with Gasteiger partial charge in [-0.25, -0.2) is 4.79 Å². The summed E-state index contributed by atoms with van der Waals surface area (Å²) < 4.78 is 0. The summed E-state index contributed by atoms with van der Waals surface area (Å²) >= 11 is 0. The van der Waals surface area contributed by atoms with Gasteiger partial charge in [-0.3, -0.25) is 14.9 Å². The van der Waals surface area contributed by atoms with Crippen molar-refractivity contribution >= 4 is 17.8 Å². The van der Waals surface area contributed by atoms with Gasteiger partial charge in [0, 0.05) is 13.1 Å². The van der Waals surface area contributed by atoms with E-state index >= 15 is 0 Å². The van der Waals surface area contributed by atoms with Crippen molar-refractivity contribution in [2.75, 3.05) is 13.1 Å². The van der Waals surface area contributed by atoms with Gasteiger partial charge in [-0.2, -0.15) is 0 Å². The highest BCUT2D eigenvalue weighted by atomic mass is 16.2. The lowest BCUT2D eigenvalue weighted by molar-refractivity contribution is -0.135. The number of nitrogens with zero attached hydrogens (tertiary/aromatic N) is 1. The Bertz CT molecular complexity index is 616. The molecule has 3 rings (SSSR count). The lowest BCUT2D eigenvalue weighted by Crippen LogP contribution is -2.55. The quantitative estimate of drug-likeness (QED) is 0.791. The van der Waals surface area contributed by atoms with Crippen LogP contribution in [0.5, 0.6) is 0 Å². The number of likely N-dealkylation sites (tertiary alicyclic amines) is 1. The Morgan fingerprint density at radius 2 is 1.82 bits per heavy atom. The third kappa shape index (κ3) is 2.68. The number of hydrogen-bond donors (Lipinski definition) is 2. The maximum absolute atomic E-state index is 12.3. The van der Waals surface area contributed by atoms with E-state index in [1.54, 1.807) is 4.90 Å². The van der Waals surface area contributed by atoms with E-state index in [0.29, 0.717) is 32.4 Å². The molecule has 22 heavy (non-hydrogen) atoms. The van der Waals surface area contributed by atoms with Crippen molar-refractivity contribution in [1.29, 1.82) is 0 Å². The molecule has 0 aromatic heterocycles. The minimum Gasteiger partial charge on any atom is -0.342 e. The second-order valence-electron chi connectivity index (χ2n) is 6.03. The first-order valence-corrected chi connectivity index (χ1v) is 7.45. The topological polar surface area (TPSA) is 78.5 Å². The molecule has 116 valence electrons. The largest absolute Gasteiger partial charge is 0.342 e. The fraction of sp³-hybridized carbons (Fsp3) is 0.438. The molecule has 2 saturated heterocycles. The molecule has 0 unspecified atom stereocenters. The molecule has 2 heterocycles. The van der Waals surface area contributed by atoms with Gasteiger partial charge in [0.2, 0.25) is 5.91 Å². The lowest BCUT2D eigenvalue weighted by Gasteiger charge is -2.37. The maximum atomic E-state index is 12.3. The Hall–Kier alpha value is -2.37. The minimum absolute atomic E-state index is 0.0587. The number of rotatable bonds is 2. The smallest absolute Gasteiger partial charge is 0.322 e. The van der Waals surface area contributed by atoms with Crippen molar-refractivity contribution < 1.29 is 14.4 Å². The number of amides is 4. The molecular weight excluding hydrogens is 282 g/mol. The van der Waals surface area contributed by atoms with Crippen LogP contribution < -0.4 is 10.6 Å². The van der Waals surface area contributed by atoms with Gasteiger partial charge >= 0.3 is 6.03 Å². The fourth-order valence-corrected chi connectivity index (χ4v) is 3.01. The van der Waals surface area contributed by atoms with E-state index in [4.69, 9.17) is 0 Å². The van der Waals surface area contributed by atoms with Crippen LogP contribution in [0, 0.1) is 6.92 Å². The van der Waals surface area contributed by atoms with Gasteiger partial charge in [0.15, 0.2) is 0 Å². The van der Waals surface area contributed by atoms with Crippen LogP contribution in [-0.2, 0) is 16.0 Å². The van der Waals surface area contributed by atoms with E-state index in [9.17, 15) is 14.4 Å². The summed E-state index contributed by atoms with van der Waals surface area (Å²) in [6.45, 7) is 2.98. The highest BCUT2D eigenvalue weighted by Crippen LogP contribution is 2.25. The van der Waals surface area contributed by atoms with Gasteiger partial charge in [0.05, 0.1) is 6.42 Å². The third-order valence-corrected chi connectivity index (χ3v) is 4.46. The van der Waals surface area contributed by atoms with Crippen molar-refractivity contribution in [2.45, 2.75) is 31.7 Å². The molecule has 4 amide bonds. The molecule has 1 aromatic carbocycles. The molecule has 2 fully saturated rings.